The monoisotopic (exact) mass is 399 g/mol. The summed E-state index contributed by atoms with van der Waals surface area (Å²) < 4.78 is 0. The molecule has 0 aromatic heterocycles. The fourth-order valence-corrected chi connectivity index (χ4v) is 5.26. The number of aliphatic carboxylic acids is 1. The van der Waals surface area contributed by atoms with Gasteiger partial charge in [-0.3, -0.25) is 9.59 Å². The number of carboxylic acids is 1. The molecule has 156 valence electrons. The Morgan fingerprint density at radius 1 is 1.00 bits per heavy atom. The van der Waals surface area contributed by atoms with Gasteiger partial charge in [-0.2, -0.15) is 0 Å². The molecule has 1 aromatic rings. The van der Waals surface area contributed by atoms with Crippen LogP contribution in [0.1, 0.15) is 44.1 Å². The Labute approximate surface area is 171 Å². The van der Waals surface area contributed by atoms with E-state index in [9.17, 15) is 19.5 Å². The van der Waals surface area contributed by atoms with E-state index in [1.807, 2.05) is 35.2 Å². The highest BCUT2D eigenvalue weighted by molar-refractivity contribution is 5.92. The lowest BCUT2D eigenvalue weighted by molar-refractivity contribution is -0.658. The maximum absolute atomic E-state index is 13.7. The molecular weight excluding hydrogens is 370 g/mol. The lowest BCUT2D eigenvalue weighted by atomic mass is 9.71. The van der Waals surface area contributed by atoms with Crippen LogP contribution in [0.4, 0.5) is 0 Å². The average Bonchev–Trinajstić information content (AvgIpc) is 3.45. The van der Waals surface area contributed by atoms with E-state index in [0.29, 0.717) is 45.3 Å². The van der Waals surface area contributed by atoms with Crippen molar-refractivity contribution in [3.63, 3.8) is 0 Å². The summed E-state index contributed by atoms with van der Waals surface area (Å²) in [6.07, 6.45) is 4.14. The van der Waals surface area contributed by atoms with Gasteiger partial charge in [0.05, 0.1) is 24.0 Å². The summed E-state index contributed by atoms with van der Waals surface area (Å²) in [5.41, 5.74) is 0.128. The number of likely N-dealkylation sites (tertiary alicyclic amines) is 2. The van der Waals surface area contributed by atoms with E-state index in [4.69, 9.17) is 0 Å². The second-order valence-corrected chi connectivity index (χ2v) is 8.52. The molecule has 3 aliphatic rings. The number of benzene rings is 1. The van der Waals surface area contributed by atoms with Crippen molar-refractivity contribution in [2.75, 3.05) is 26.2 Å². The Morgan fingerprint density at radius 2 is 1.72 bits per heavy atom. The summed E-state index contributed by atoms with van der Waals surface area (Å²) in [5.74, 6) is -1.14. The standard InChI is InChI=1S/C22H29N3O4/c26-19(17-8-4-12-23-17)24-14-10-22(11-15-24,16-6-2-1-3-7-16)21(29)25-13-5-9-18(25)20(27)28/h1-3,6-7,17-18,23H,4-5,8-15H2,(H,27,28)/t17-,18-/m0/s1. The second-order valence-electron chi connectivity index (χ2n) is 8.52. The van der Waals surface area contributed by atoms with Crippen molar-refractivity contribution in [2.24, 2.45) is 0 Å². The minimum atomic E-state index is -1.18. The van der Waals surface area contributed by atoms with Gasteiger partial charge in [0.15, 0.2) is 6.04 Å². The molecule has 2 atom stereocenters. The summed E-state index contributed by atoms with van der Waals surface area (Å²) in [5, 5.41) is 13.7. The lowest BCUT2D eigenvalue weighted by Gasteiger charge is -2.44. The van der Waals surface area contributed by atoms with Crippen molar-refractivity contribution in [3.05, 3.63) is 35.9 Å². The molecule has 29 heavy (non-hydrogen) atoms. The fraction of sp³-hybridized carbons (Fsp3) is 0.591. The number of hydrogen-bond acceptors (Lipinski definition) is 4. The minimum absolute atomic E-state index is 0.0102. The number of carboxylic acid groups (broad SMARTS) is 1. The second kappa shape index (κ2) is 8.14. The Kier molecular flexibility index (Phi) is 5.58. The number of quaternary nitrogens is 1. The van der Waals surface area contributed by atoms with Crippen molar-refractivity contribution < 1.29 is 24.8 Å². The predicted octanol–water partition coefficient (Wildman–Crippen LogP) is -0.986. The molecular formula is C22H29N3O4. The number of piperidine rings is 1. The van der Waals surface area contributed by atoms with E-state index in [0.717, 1.165) is 24.9 Å². The number of nitrogens with two attached hydrogens (primary N) is 1. The Bertz CT molecular complexity index is 768. The highest BCUT2D eigenvalue weighted by Crippen LogP contribution is 2.39. The predicted molar refractivity (Wildman–Crippen MR) is 103 cm³/mol. The quantitative estimate of drug-likeness (QED) is 0.703. The van der Waals surface area contributed by atoms with Crippen LogP contribution in [-0.2, 0) is 19.8 Å². The average molecular weight is 399 g/mol. The molecule has 3 saturated heterocycles. The van der Waals surface area contributed by atoms with Crippen LogP contribution in [0.25, 0.3) is 0 Å². The zero-order chi connectivity index (χ0) is 20.4. The summed E-state index contributed by atoms with van der Waals surface area (Å²) in [6, 6.07) is 8.79. The van der Waals surface area contributed by atoms with E-state index in [1.165, 1.54) is 4.90 Å². The van der Waals surface area contributed by atoms with Crippen LogP contribution in [0.5, 0.6) is 0 Å². The smallest absolute Gasteiger partial charge is 0.280 e. The van der Waals surface area contributed by atoms with Crippen molar-refractivity contribution in [3.8, 4) is 0 Å². The molecule has 0 spiro atoms. The third-order valence-corrected chi connectivity index (χ3v) is 6.94. The first-order valence-corrected chi connectivity index (χ1v) is 10.7. The molecule has 2 amide bonds. The zero-order valence-corrected chi connectivity index (χ0v) is 16.7. The third kappa shape index (κ3) is 3.64. The number of carbonyl (C=O) groups is 3. The van der Waals surface area contributed by atoms with Crippen LogP contribution in [-0.4, -0.2) is 65.8 Å². The van der Waals surface area contributed by atoms with Crippen LogP contribution < -0.4 is 10.4 Å². The number of rotatable bonds is 4. The highest BCUT2D eigenvalue weighted by atomic mass is 16.4. The molecule has 2 N–H and O–H groups in total. The number of nitrogens with zero attached hydrogens (tertiary/aromatic N) is 2. The molecule has 0 aliphatic carbocycles. The summed E-state index contributed by atoms with van der Waals surface area (Å²) in [4.78, 5) is 41.5. The summed E-state index contributed by atoms with van der Waals surface area (Å²) >= 11 is 0. The zero-order valence-electron chi connectivity index (χ0n) is 16.7. The SMILES string of the molecule is O=C([O-])[C@@H]1CCCN1C(=O)C1(c2ccccc2)CCN(C(=O)[C@@H]2CCC[NH2+]2)CC1. The largest absolute Gasteiger partial charge is 0.548 e. The van der Waals surface area contributed by atoms with Crippen LogP contribution in [0.3, 0.4) is 0 Å². The number of carbonyl (C=O) groups excluding carboxylic acids is 3. The van der Waals surface area contributed by atoms with Gasteiger partial charge in [-0.25, -0.2) is 0 Å². The van der Waals surface area contributed by atoms with E-state index in [1.54, 1.807) is 0 Å². The van der Waals surface area contributed by atoms with Gasteiger partial charge in [0, 0.05) is 32.5 Å². The first kappa shape index (κ1) is 19.9. The van der Waals surface area contributed by atoms with E-state index >= 15 is 0 Å². The number of hydrogen-bond donors (Lipinski definition) is 1. The topological polar surface area (TPSA) is 97.4 Å². The molecule has 3 heterocycles. The van der Waals surface area contributed by atoms with Gasteiger partial charge in [-0.1, -0.05) is 30.3 Å². The van der Waals surface area contributed by atoms with Crippen molar-refractivity contribution >= 4 is 17.8 Å². The highest BCUT2D eigenvalue weighted by Gasteiger charge is 2.48. The van der Waals surface area contributed by atoms with Crippen LogP contribution in [0.2, 0.25) is 0 Å². The first-order valence-electron chi connectivity index (χ1n) is 10.7. The minimum Gasteiger partial charge on any atom is -0.548 e. The number of amides is 2. The van der Waals surface area contributed by atoms with Crippen LogP contribution in [0, 0.1) is 0 Å². The third-order valence-electron chi connectivity index (χ3n) is 6.94. The van der Waals surface area contributed by atoms with Gasteiger partial charge >= 0.3 is 0 Å². The van der Waals surface area contributed by atoms with Crippen LogP contribution >= 0.6 is 0 Å². The lowest BCUT2D eigenvalue weighted by Crippen LogP contribution is -2.89. The normalized spacial score (nSPS) is 26.5. The summed E-state index contributed by atoms with van der Waals surface area (Å²) in [7, 11) is 0. The first-order chi connectivity index (χ1) is 14.0. The molecule has 7 heteroatoms. The molecule has 7 nitrogen and oxygen atoms in total. The molecule has 0 bridgehead atoms. The molecule has 0 radical (unpaired) electrons. The van der Waals surface area contributed by atoms with Gasteiger partial charge in [0.2, 0.25) is 5.91 Å². The van der Waals surface area contributed by atoms with Gasteiger partial charge in [-0.15, -0.1) is 0 Å². The van der Waals surface area contributed by atoms with E-state index in [-0.39, 0.29) is 17.9 Å². The van der Waals surface area contributed by atoms with Crippen LogP contribution in [0.15, 0.2) is 30.3 Å². The molecule has 1 aromatic carbocycles. The van der Waals surface area contributed by atoms with Crippen molar-refractivity contribution in [1.82, 2.24) is 9.80 Å². The maximum atomic E-state index is 13.7. The summed E-state index contributed by atoms with van der Waals surface area (Å²) in [6.45, 7) is 2.49. The molecule has 0 unspecified atom stereocenters. The Balaban J connectivity index is 1.58. The molecule has 0 saturated carbocycles. The molecule has 4 rings (SSSR count). The van der Waals surface area contributed by atoms with Gasteiger partial charge < -0.3 is 25.0 Å². The van der Waals surface area contributed by atoms with Crippen molar-refractivity contribution in [1.29, 1.82) is 0 Å². The fourth-order valence-electron chi connectivity index (χ4n) is 5.26. The van der Waals surface area contributed by atoms with Gasteiger partial charge in [0.1, 0.15) is 0 Å². The van der Waals surface area contributed by atoms with E-state index in [2.05, 4.69) is 5.32 Å². The molecule has 3 fully saturated rings. The van der Waals surface area contributed by atoms with E-state index < -0.39 is 17.4 Å². The van der Waals surface area contributed by atoms with Gasteiger partial charge in [0.25, 0.3) is 5.91 Å². The maximum Gasteiger partial charge on any atom is 0.280 e. The van der Waals surface area contributed by atoms with Gasteiger partial charge in [-0.05, 0) is 31.2 Å². The van der Waals surface area contributed by atoms with Crippen molar-refractivity contribution in [2.45, 2.75) is 56.0 Å². The molecule has 3 aliphatic heterocycles. The Morgan fingerprint density at radius 3 is 2.34 bits per heavy atom. The Hall–Kier alpha value is -2.41.